The zero-order valence-electron chi connectivity index (χ0n) is 19.1. The van der Waals surface area contributed by atoms with E-state index in [1.165, 1.54) is 9.08 Å². The van der Waals surface area contributed by atoms with Crippen molar-refractivity contribution in [2.75, 3.05) is 5.73 Å². The third kappa shape index (κ3) is 3.77. The van der Waals surface area contributed by atoms with Crippen LogP contribution in [0.2, 0.25) is 0 Å². The minimum atomic E-state index is -0.654. The van der Waals surface area contributed by atoms with E-state index >= 15 is 0 Å². The van der Waals surface area contributed by atoms with E-state index in [0.29, 0.717) is 33.6 Å². The van der Waals surface area contributed by atoms with Gasteiger partial charge in [-0.15, -0.1) is 11.0 Å². The SMILES string of the molecule is CC#Cc1cccc2nc(C(C)NC(=O)c3c(N)nn4cccnc34)n(-c3ccccc3)c(=O)c12. The molecule has 0 bridgehead atoms. The number of fused-ring (bicyclic) bond motifs is 2. The van der Waals surface area contributed by atoms with Gasteiger partial charge in [-0.1, -0.05) is 30.2 Å². The summed E-state index contributed by atoms with van der Waals surface area (Å²) < 4.78 is 2.95. The van der Waals surface area contributed by atoms with Crippen molar-refractivity contribution in [2.45, 2.75) is 19.9 Å². The van der Waals surface area contributed by atoms with Crippen LogP contribution in [0.15, 0.2) is 71.8 Å². The number of hydrogen-bond donors (Lipinski definition) is 2. The lowest BCUT2D eigenvalue weighted by molar-refractivity contribution is 0.0940. The molecule has 2 aromatic carbocycles. The van der Waals surface area contributed by atoms with E-state index in [-0.39, 0.29) is 16.9 Å². The van der Waals surface area contributed by atoms with Gasteiger partial charge in [-0.2, -0.15) is 0 Å². The summed E-state index contributed by atoms with van der Waals surface area (Å²) in [5.41, 5.74) is 7.96. The molecule has 0 aliphatic rings. The van der Waals surface area contributed by atoms with E-state index in [1.54, 1.807) is 50.5 Å². The minimum Gasteiger partial charge on any atom is -0.381 e. The Hall–Kier alpha value is -4.97. The van der Waals surface area contributed by atoms with Crippen molar-refractivity contribution in [1.29, 1.82) is 0 Å². The van der Waals surface area contributed by atoms with Crippen LogP contribution in [0.3, 0.4) is 0 Å². The lowest BCUT2D eigenvalue weighted by Crippen LogP contribution is -2.33. The molecule has 3 N–H and O–H groups in total. The number of aromatic nitrogens is 5. The number of benzene rings is 2. The summed E-state index contributed by atoms with van der Waals surface area (Å²) in [5, 5.41) is 7.48. The molecule has 1 unspecified atom stereocenters. The van der Waals surface area contributed by atoms with Gasteiger partial charge in [0.2, 0.25) is 0 Å². The minimum absolute atomic E-state index is 0.0584. The van der Waals surface area contributed by atoms with Crippen LogP contribution in [0.1, 0.15) is 41.6 Å². The highest BCUT2D eigenvalue weighted by atomic mass is 16.2. The Kier molecular flexibility index (Phi) is 5.47. The first-order chi connectivity index (χ1) is 17.0. The summed E-state index contributed by atoms with van der Waals surface area (Å²) in [6.07, 6.45) is 3.22. The number of anilines is 1. The molecule has 0 aliphatic carbocycles. The third-order valence-corrected chi connectivity index (χ3v) is 5.58. The second-order valence-corrected chi connectivity index (χ2v) is 7.86. The molecule has 0 spiro atoms. The van der Waals surface area contributed by atoms with E-state index in [1.807, 2.05) is 30.3 Å². The molecular formula is C26H21N7O2. The Morgan fingerprint density at radius 2 is 1.91 bits per heavy atom. The Morgan fingerprint density at radius 1 is 1.11 bits per heavy atom. The van der Waals surface area contributed by atoms with Gasteiger partial charge in [0.25, 0.3) is 11.5 Å². The summed E-state index contributed by atoms with van der Waals surface area (Å²) in [5.74, 6) is 5.80. The quantitative estimate of drug-likeness (QED) is 0.396. The summed E-state index contributed by atoms with van der Waals surface area (Å²) >= 11 is 0. The molecule has 3 heterocycles. The van der Waals surface area contributed by atoms with Crippen molar-refractivity contribution in [1.82, 2.24) is 29.5 Å². The number of carbonyl (C=O) groups excluding carboxylic acids is 1. The molecule has 172 valence electrons. The van der Waals surface area contributed by atoms with Crippen LogP contribution in [-0.4, -0.2) is 30.1 Å². The lowest BCUT2D eigenvalue weighted by Gasteiger charge is -2.20. The van der Waals surface area contributed by atoms with E-state index in [9.17, 15) is 9.59 Å². The Labute approximate surface area is 200 Å². The van der Waals surface area contributed by atoms with Gasteiger partial charge in [0.05, 0.1) is 22.6 Å². The predicted octanol–water partition coefficient (Wildman–Crippen LogP) is 2.87. The first-order valence-electron chi connectivity index (χ1n) is 10.9. The maximum Gasteiger partial charge on any atom is 0.267 e. The molecule has 5 aromatic rings. The molecule has 1 atom stereocenters. The average molecular weight is 464 g/mol. The van der Waals surface area contributed by atoms with Gasteiger partial charge in [0.15, 0.2) is 11.5 Å². The number of amides is 1. The van der Waals surface area contributed by atoms with Crippen LogP contribution in [-0.2, 0) is 0 Å². The Bertz CT molecular complexity index is 1710. The highest BCUT2D eigenvalue weighted by Gasteiger charge is 2.24. The van der Waals surface area contributed by atoms with Gasteiger partial charge < -0.3 is 11.1 Å². The number of hydrogen-bond acceptors (Lipinski definition) is 6. The molecule has 0 saturated heterocycles. The monoisotopic (exact) mass is 463 g/mol. The largest absolute Gasteiger partial charge is 0.381 e. The summed E-state index contributed by atoms with van der Waals surface area (Å²) in [7, 11) is 0. The number of para-hydroxylation sites is 1. The van der Waals surface area contributed by atoms with Crippen molar-refractivity contribution in [3.8, 4) is 17.5 Å². The van der Waals surface area contributed by atoms with Gasteiger partial charge >= 0.3 is 0 Å². The number of carbonyl (C=O) groups is 1. The van der Waals surface area contributed by atoms with E-state index in [4.69, 9.17) is 10.7 Å². The molecule has 0 aliphatic heterocycles. The number of nitrogens with one attached hydrogen (secondary N) is 1. The van der Waals surface area contributed by atoms with Crippen molar-refractivity contribution in [3.63, 3.8) is 0 Å². The number of nitrogens with zero attached hydrogens (tertiary/aromatic N) is 5. The molecular weight excluding hydrogens is 442 g/mol. The van der Waals surface area contributed by atoms with Gasteiger partial charge in [-0.05, 0) is 44.2 Å². The molecule has 9 heteroatoms. The van der Waals surface area contributed by atoms with Crippen molar-refractivity contribution < 1.29 is 4.79 Å². The first kappa shape index (κ1) is 21.9. The number of rotatable bonds is 4. The summed E-state index contributed by atoms with van der Waals surface area (Å²) in [6.45, 7) is 3.48. The van der Waals surface area contributed by atoms with Gasteiger partial charge in [0, 0.05) is 18.0 Å². The van der Waals surface area contributed by atoms with E-state index in [0.717, 1.165) is 0 Å². The molecule has 5 rings (SSSR count). The summed E-state index contributed by atoms with van der Waals surface area (Å²) in [6, 6.07) is 15.6. The average Bonchev–Trinajstić information content (AvgIpc) is 3.20. The lowest BCUT2D eigenvalue weighted by atomic mass is 10.1. The van der Waals surface area contributed by atoms with Crippen LogP contribution >= 0.6 is 0 Å². The van der Waals surface area contributed by atoms with Crippen molar-refractivity contribution in [3.05, 3.63) is 94.3 Å². The number of nitrogens with two attached hydrogens (primary N) is 1. The third-order valence-electron chi connectivity index (χ3n) is 5.58. The smallest absolute Gasteiger partial charge is 0.267 e. The standard InChI is InChI=1S/C26H21N7O2/c1-3-9-17-10-7-13-19-20(17)26(35)33(18-11-5-4-6-12-18)23(30-19)16(2)29-25(34)21-22(27)31-32-15-8-14-28-24(21)32/h4-8,10-16H,1-2H3,(H2,27,31)(H,29,34). The fourth-order valence-electron chi connectivity index (χ4n) is 4.06. The molecule has 0 fully saturated rings. The van der Waals surface area contributed by atoms with Crippen molar-refractivity contribution in [2.24, 2.45) is 0 Å². The highest BCUT2D eigenvalue weighted by Crippen LogP contribution is 2.22. The van der Waals surface area contributed by atoms with Crippen LogP contribution in [0, 0.1) is 11.8 Å². The Morgan fingerprint density at radius 3 is 2.69 bits per heavy atom. The van der Waals surface area contributed by atoms with Crippen LogP contribution in [0.5, 0.6) is 0 Å². The maximum absolute atomic E-state index is 13.8. The second kappa shape index (κ2) is 8.76. The molecule has 35 heavy (non-hydrogen) atoms. The number of nitrogen functional groups attached to an aromatic ring is 1. The zero-order valence-corrected chi connectivity index (χ0v) is 19.1. The molecule has 3 aromatic heterocycles. The predicted molar refractivity (Wildman–Crippen MR) is 133 cm³/mol. The van der Waals surface area contributed by atoms with E-state index < -0.39 is 11.9 Å². The molecule has 1 amide bonds. The highest BCUT2D eigenvalue weighted by molar-refractivity contribution is 6.04. The van der Waals surface area contributed by atoms with Gasteiger partial charge in [-0.3, -0.25) is 14.2 Å². The Balaban J connectivity index is 1.66. The van der Waals surface area contributed by atoms with Crippen LogP contribution in [0.4, 0.5) is 5.82 Å². The zero-order chi connectivity index (χ0) is 24.5. The molecule has 9 nitrogen and oxygen atoms in total. The van der Waals surface area contributed by atoms with Crippen molar-refractivity contribution >= 4 is 28.3 Å². The normalized spacial score (nSPS) is 11.7. The fraction of sp³-hybridized carbons (Fsp3) is 0.115. The van der Waals surface area contributed by atoms with E-state index in [2.05, 4.69) is 27.2 Å². The van der Waals surface area contributed by atoms with Crippen LogP contribution < -0.4 is 16.6 Å². The second-order valence-electron chi connectivity index (χ2n) is 7.86. The fourth-order valence-corrected chi connectivity index (χ4v) is 4.06. The summed E-state index contributed by atoms with van der Waals surface area (Å²) in [4.78, 5) is 36.0. The molecule has 0 saturated carbocycles. The van der Waals surface area contributed by atoms with Gasteiger partial charge in [-0.25, -0.2) is 14.5 Å². The van der Waals surface area contributed by atoms with Crippen LogP contribution in [0.25, 0.3) is 22.2 Å². The topological polar surface area (TPSA) is 120 Å². The molecule has 0 radical (unpaired) electrons. The maximum atomic E-state index is 13.8. The van der Waals surface area contributed by atoms with Gasteiger partial charge in [0.1, 0.15) is 11.4 Å². The first-order valence-corrected chi connectivity index (χ1v) is 10.9.